The van der Waals surface area contributed by atoms with Crippen LogP contribution in [0.2, 0.25) is 0 Å². The van der Waals surface area contributed by atoms with Gasteiger partial charge in [0.2, 0.25) is 0 Å². The van der Waals surface area contributed by atoms with Crippen LogP contribution in [0, 0.1) is 16.7 Å². The number of carbonyl (C=O) groups excluding carboxylic acids is 2. The summed E-state index contributed by atoms with van der Waals surface area (Å²) in [6, 6.07) is 7.34. The van der Waals surface area contributed by atoms with Gasteiger partial charge in [0.05, 0.1) is 18.2 Å². The molecule has 1 aromatic rings. The normalized spacial score (nSPS) is 18.2. The molecule has 2 saturated heterocycles. The van der Waals surface area contributed by atoms with Gasteiger partial charge in [-0.3, -0.25) is 0 Å². The number of anilines is 1. The molecule has 0 atom stereocenters. The molecule has 0 radical (unpaired) electrons. The van der Waals surface area contributed by atoms with Gasteiger partial charge in [0.1, 0.15) is 11.7 Å². The standard InChI is InChI=1S/C21H27N3O4/c1-20(2,3)28-19(26)24-13-21(14-24)7-9-23(10-8-21)16-5-6-17(18(25)27-4)15(11-16)12-22/h5-6,11H,7-10,13-14H2,1-4H3. The van der Waals surface area contributed by atoms with Crippen LogP contribution in [0.4, 0.5) is 10.5 Å². The number of nitriles is 1. The number of piperidine rings is 1. The van der Waals surface area contributed by atoms with Crippen LogP contribution in [0.25, 0.3) is 0 Å². The summed E-state index contributed by atoms with van der Waals surface area (Å²) < 4.78 is 10.2. The number of carbonyl (C=O) groups is 2. The Hall–Kier alpha value is -2.75. The van der Waals surface area contributed by atoms with E-state index in [0.29, 0.717) is 5.56 Å². The van der Waals surface area contributed by atoms with E-state index in [-0.39, 0.29) is 17.1 Å². The summed E-state index contributed by atoms with van der Waals surface area (Å²) in [5, 5.41) is 9.35. The Labute approximate surface area is 165 Å². The number of hydrogen-bond acceptors (Lipinski definition) is 6. The fourth-order valence-electron chi connectivity index (χ4n) is 3.88. The van der Waals surface area contributed by atoms with E-state index < -0.39 is 11.6 Å². The summed E-state index contributed by atoms with van der Waals surface area (Å²) >= 11 is 0. The molecule has 2 aliphatic rings. The van der Waals surface area contributed by atoms with Crippen molar-refractivity contribution >= 4 is 17.7 Å². The summed E-state index contributed by atoms with van der Waals surface area (Å²) in [5.74, 6) is -0.502. The lowest BCUT2D eigenvalue weighted by Gasteiger charge is -2.54. The first-order valence-corrected chi connectivity index (χ1v) is 9.52. The molecule has 7 nitrogen and oxygen atoms in total. The van der Waals surface area contributed by atoms with Gasteiger partial charge in [-0.05, 0) is 51.8 Å². The lowest BCUT2D eigenvalue weighted by atomic mass is 9.72. The molecule has 0 aliphatic carbocycles. The molecule has 2 aliphatic heterocycles. The third-order valence-electron chi connectivity index (χ3n) is 5.42. The summed E-state index contributed by atoms with van der Waals surface area (Å²) in [6.45, 7) is 8.80. The topological polar surface area (TPSA) is 82.9 Å². The van der Waals surface area contributed by atoms with Crippen LogP contribution in [-0.4, -0.2) is 55.9 Å². The number of benzene rings is 1. The Morgan fingerprint density at radius 1 is 1.18 bits per heavy atom. The highest BCUT2D eigenvalue weighted by Crippen LogP contribution is 2.42. The highest BCUT2D eigenvalue weighted by molar-refractivity contribution is 5.92. The number of esters is 1. The minimum atomic E-state index is -0.502. The number of rotatable bonds is 2. The van der Waals surface area contributed by atoms with Gasteiger partial charge < -0.3 is 19.3 Å². The van der Waals surface area contributed by atoms with Crippen LogP contribution < -0.4 is 4.90 Å². The van der Waals surface area contributed by atoms with Crippen LogP contribution in [-0.2, 0) is 9.47 Å². The maximum absolute atomic E-state index is 12.2. The molecular weight excluding hydrogens is 358 g/mol. The highest BCUT2D eigenvalue weighted by atomic mass is 16.6. The minimum Gasteiger partial charge on any atom is -0.465 e. The average Bonchev–Trinajstić information content (AvgIpc) is 2.63. The first-order valence-electron chi connectivity index (χ1n) is 9.52. The van der Waals surface area contributed by atoms with E-state index in [2.05, 4.69) is 11.0 Å². The number of amides is 1. The lowest BCUT2D eigenvalue weighted by Crippen LogP contribution is -2.62. The quantitative estimate of drug-likeness (QED) is 0.727. The van der Waals surface area contributed by atoms with E-state index in [4.69, 9.17) is 9.47 Å². The number of likely N-dealkylation sites (tertiary alicyclic amines) is 1. The van der Waals surface area contributed by atoms with Gasteiger partial charge in [-0.1, -0.05) is 0 Å². The SMILES string of the molecule is COC(=O)c1ccc(N2CCC3(CC2)CN(C(=O)OC(C)(C)C)C3)cc1C#N. The molecule has 2 heterocycles. The predicted octanol–water partition coefficient (Wildman–Crippen LogP) is 3.18. The summed E-state index contributed by atoms with van der Waals surface area (Å²) in [6.07, 6.45) is 1.72. The number of methoxy groups -OCH3 is 1. The zero-order valence-corrected chi connectivity index (χ0v) is 16.9. The molecule has 0 N–H and O–H groups in total. The van der Waals surface area contributed by atoms with Crippen molar-refractivity contribution in [3.63, 3.8) is 0 Å². The summed E-state index contributed by atoms with van der Waals surface area (Å²) in [7, 11) is 1.31. The molecule has 150 valence electrons. The Morgan fingerprint density at radius 2 is 1.82 bits per heavy atom. The van der Waals surface area contributed by atoms with Crippen molar-refractivity contribution in [2.75, 3.05) is 38.2 Å². The third kappa shape index (κ3) is 4.06. The van der Waals surface area contributed by atoms with Crippen molar-refractivity contribution in [3.05, 3.63) is 29.3 Å². The van der Waals surface area contributed by atoms with Gasteiger partial charge >= 0.3 is 12.1 Å². The van der Waals surface area contributed by atoms with Crippen LogP contribution in [0.5, 0.6) is 0 Å². The van der Waals surface area contributed by atoms with E-state index >= 15 is 0 Å². The molecule has 1 amide bonds. The van der Waals surface area contributed by atoms with Crippen molar-refractivity contribution in [2.45, 2.75) is 39.2 Å². The van der Waals surface area contributed by atoms with E-state index in [1.807, 2.05) is 26.8 Å². The maximum atomic E-state index is 12.2. The molecule has 28 heavy (non-hydrogen) atoms. The van der Waals surface area contributed by atoms with Crippen molar-refractivity contribution in [1.29, 1.82) is 5.26 Å². The molecule has 0 unspecified atom stereocenters. The van der Waals surface area contributed by atoms with Crippen molar-refractivity contribution in [2.24, 2.45) is 5.41 Å². The smallest absolute Gasteiger partial charge is 0.410 e. The lowest BCUT2D eigenvalue weighted by molar-refractivity contribution is -0.0434. The monoisotopic (exact) mass is 385 g/mol. The molecule has 1 spiro atoms. The zero-order valence-electron chi connectivity index (χ0n) is 16.9. The van der Waals surface area contributed by atoms with E-state index in [0.717, 1.165) is 44.7 Å². The first kappa shape index (κ1) is 20.0. The van der Waals surface area contributed by atoms with Gasteiger partial charge in [-0.2, -0.15) is 5.26 Å². The summed E-state index contributed by atoms with van der Waals surface area (Å²) in [5.41, 5.74) is 1.23. The predicted molar refractivity (Wildman–Crippen MR) is 104 cm³/mol. The van der Waals surface area contributed by atoms with Gasteiger partial charge in [-0.15, -0.1) is 0 Å². The average molecular weight is 385 g/mol. The second-order valence-corrected chi connectivity index (χ2v) is 8.66. The van der Waals surface area contributed by atoms with E-state index in [1.54, 1.807) is 17.0 Å². The fraction of sp³-hybridized carbons (Fsp3) is 0.571. The Bertz CT molecular complexity index is 806. The largest absolute Gasteiger partial charge is 0.465 e. The minimum absolute atomic E-state index is 0.164. The fourth-order valence-corrected chi connectivity index (χ4v) is 3.88. The number of hydrogen-bond donors (Lipinski definition) is 0. The van der Waals surface area contributed by atoms with Gasteiger partial charge in [0.15, 0.2) is 0 Å². The maximum Gasteiger partial charge on any atom is 0.410 e. The van der Waals surface area contributed by atoms with Crippen molar-refractivity contribution < 1.29 is 19.1 Å². The highest BCUT2D eigenvalue weighted by Gasteiger charge is 2.47. The second-order valence-electron chi connectivity index (χ2n) is 8.66. The van der Waals surface area contributed by atoms with Crippen LogP contribution >= 0.6 is 0 Å². The molecular formula is C21H27N3O4. The third-order valence-corrected chi connectivity index (χ3v) is 5.42. The zero-order chi connectivity index (χ0) is 20.5. The van der Waals surface area contributed by atoms with E-state index in [1.165, 1.54) is 7.11 Å². The molecule has 1 aromatic carbocycles. The number of nitrogens with zero attached hydrogens (tertiary/aromatic N) is 3. The van der Waals surface area contributed by atoms with E-state index in [9.17, 15) is 14.9 Å². The second kappa shape index (κ2) is 7.34. The van der Waals surface area contributed by atoms with Crippen molar-refractivity contribution in [1.82, 2.24) is 4.90 Å². The molecule has 3 rings (SSSR count). The van der Waals surface area contributed by atoms with Crippen LogP contribution in [0.1, 0.15) is 49.5 Å². The Balaban J connectivity index is 1.59. The van der Waals surface area contributed by atoms with Crippen LogP contribution in [0.15, 0.2) is 18.2 Å². The van der Waals surface area contributed by atoms with Crippen molar-refractivity contribution in [3.8, 4) is 6.07 Å². The molecule has 0 bridgehead atoms. The molecule has 7 heteroatoms. The number of ether oxygens (including phenoxy) is 2. The van der Waals surface area contributed by atoms with Gasteiger partial charge in [0.25, 0.3) is 0 Å². The summed E-state index contributed by atoms with van der Waals surface area (Å²) in [4.78, 5) is 27.9. The van der Waals surface area contributed by atoms with Gasteiger partial charge in [-0.25, -0.2) is 9.59 Å². The van der Waals surface area contributed by atoms with Crippen LogP contribution in [0.3, 0.4) is 0 Å². The molecule has 2 fully saturated rings. The Kier molecular flexibility index (Phi) is 5.24. The first-order chi connectivity index (χ1) is 13.2. The molecule has 0 aromatic heterocycles. The Morgan fingerprint density at radius 3 is 2.36 bits per heavy atom. The van der Waals surface area contributed by atoms with Gasteiger partial charge in [0, 0.05) is 37.3 Å². The molecule has 0 saturated carbocycles.